The lowest BCUT2D eigenvalue weighted by atomic mass is 10.2. The molecule has 1 aromatic carbocycles. The van der Waals surface area contributed by atoms with Crippen LogP contribution in [-0.2, 0) is 6.42 Å². The molecule has 0 aliphatic rings. The Kier molecular flexibility index (Phi) is 1.74. The van der Waals surface area contributed by atoms with Gasteiger partial charge >= 0.3 is 0 Å². The molecule has 2 aromatic rings. The van der Waals surface area contributed by atoms with E-state index < -0.39 is 0 Å². The highest BCUT2D eigenvalue weighted by atomic mass is 14.9. The highest BCUT2D eigenvalue weighted by Crippen LogP contribution is 2.08. The highest BCUT2D eigenvalue weighted by molar-refractivity contribution is 5.76. The van der Waals surface area contributed by atoms with Gasteiger partial charge in [-0.05, 0) is 12.1 Å². The fourth-order valence-electron chi connectivity index (χ4n) is 1.12. The van der Waals surface area contributed by atoms with Gasteiger partial charge in [0.05, 0.1) is 5.52 Å². The normalized spacial score (nSPS) is 10.4. The van der Waals surface area contributed by atoms with Crippen molar-refractivity contribution in [3.05, 3.63) is 36.3 Å². The molecule has 0 saturated heterocycles. The number of fused-ring (bicyclic) bond motifs is 1. The third kappa shape index (κ3) is 1.16. The minimum atomic E-state index is 0.880. The van der Waals surface area contributed by atoms with Gasteiger partial charge in [-0.1, -0.05) is 19.1 Å². The van der Waals surface area contributed by atoms with Gasteiger partial charge in [-0.15, -0.1) is 0 Å². The van der Waals surface area contributed by atoms with Gasteiger partial charge in [0.1, 0.15) is 5.82 Å². The number of aryl methyl sites for hydroxylation is 1. The zero-order valence-corrected chi connectivity index (χ0v) is 6.91. The smallest absolute Gasteiger partial charge is 0.128 e. The van der Waals surface area contributed by atoms with E-state index in [9.17, 15) is 0 Å². The van der Waals surface area contributed by atoms with Crippen LogP contribution < -0.4 is 0 Å². The Labute approximate surface area is 71.3 Å². The van der Waals surface area contributed by atoms with E-state index in [2.05, 4.69) is 16.0 Å². The zero-order chi connectivity index (χ0) is 8.39. The average molecular weight is 157 g/mol. The average Bonchev–Trinajstić information content (AvgIpc) is 2.17. The fourth-order valence-corrected chi connectivity index (χ4v) is 1.12. The van der Waals surface area contributed by atoms with Crippen LogP contribution in [0.15, 0.2) is 24.4 Å². The molecule has 0 unspecified atom stereocenters. The van der Waals surface area contributed by atoms with Gasteiger partial charge in [0.2, 0.25) is 0 Å². The summed E-state index contributed by atoms with van der Waals surface area (Å²) in [5, 5.41) is 0.981. The molecule has 0 amide bonds. The lowest BCUT2D eigenvalue weighted by Crippen LogP contribution is -1.91. The van der Waals surface area contributed by atoms with Crippen molar-refractivity contribution in [3.63, 3.8) is 0 Å². The van der Waals surface area contributed by atoms with Crippen LogP contribution in [-0.4, -0.2) is 9.97 Å². The van der Waals surface area contributed by atoms with Crippen molar-refractivity contribution in [2.45, 2.75) is 13.3 Å². The van der Waals surface area contributed by atoms with Gasteiger partial charge in [0, 0.05) is 18.0 Å². The lowest BCUT2D eigenvalue weighted by Gasteiger charge is -1.97. The molecule has 1 aromatic heterocycles. The molecule has 0 saturated carbocycles. The summed E-state index contributed by atoms with van der Waals surface area (Å²) in [4.78, 5) is 8.53. The molecule has 12 heavy (non-hydrogen) atoms. The SMILES string of the molecule is CCc1ncc2[c]cccc2n1. The molecule has 0 bridgehead atoms. The Hall–Kier alpha value is -1.44. The third-order valence-corrected chi connectivity index (χ3v) is 1.77. The van der Waals surface area contributed by atoms with Gasteiger partial charge in [-0.25, -0.2) is 9.97 Å². The van der Waals surface area contributed by atoms with Crippen LogP contribution in [0.1, 0.15) is 12.7 Å². The van der Waals surface area contributed by atoms with E-state index in [1.54, 1.807) is 0 Å². The van der Waals surface area contributed by atoms with Crippen LogP contribution in [0.25, 0.3) is 10.9 Å². The van der Waals surface area contributed by atoms with E-state index in [4.69, 9.17) is 0 Å². The Bertz CT molecular complexity index is 396. The summed E-state index contributed by atoms with van der Waals surface area (Å²) in [6.45, 7) is 2.05. The van der Waals surface area contributed by atoms with E-state index in [0.29, 0.717) is 0 Å². The molecule has 1 radical (unpaired) electrons. The van der Waals surface area contributed by atoms with Crippen LogP contribution >= 0.6 is 0 Å². The number of benzene rings is 1. The maximum absolute atomic E-state index is 4.35. The predicted molar refractivity (Wildman–Crippen MR) is 47.8 cm³/mol. The first-order chi connectivity index (χ1) is 5.90. The van der Waals surface area contributed by atoms with Gasteiger partial charge in [0.25, 0.3) is 0 Å². The highest BCUT2D eigenvalue weighted by Gasteiger charge is 1.95. The second-order valence-electron chi connectivity index (χ2n) is 2.61. The van der Waals surface area contributed by atoms with Crippen molar-refractivity contribution >= 4 is 10.9 Å². The van der Waals surface area contributed by atoms with Crippen molar-refractivity contribution in [1.82, 2.24) is 9.97 Å². The maximum Gasteiger partial charge on any atom is 0.128 e. The molecule has 2 nitrogen and oxygen atoms in total. The number of aromatic nitrogens is 2. The lowest BCUT2D eigenvalue weighted by molar-refractivity contribution is 0.961. The van der Waals surface area contributed by atoms with Gasteiger partial charge < -0.3 is 0 Å². The Morgan fingerprint density at radius 1 is 1.50 bits per heavy atom. The minimum Gasteiger partial charge on any atom is -0.241 e. The standard InChI is InChI=1S/C10H9N2/c1-2-10-11-7-8-5-3-4-6-9(8)12-10/h3-4,6-7H,2H2,1H3. The predicted octanol–water partition coefficient (Wildman–Crippen LogP) is 1.99. The molecule has 59 valence electrons. The summed E-state index contributed by atoms with van der Waals surface area (Å²) in [7, 11) is 0. The van der Waals surface area contributed by atoms with Gasteiger partial charge in [0.15, 0.2) is 0 Å². The second-order valence-corrected chi connectivity index (χ2v) is 2.61. The first-order valence-electron chi connectivity index (χ1n) is 4.02. The summed E-state index contributed by atoms with van der Waals surface area (Å²) in [6, 6.07) is 8.87. The van der Waals surface area contributed by atoms with Crippen LogP contribution in [0, 0.1) is 6.07 Å². The van der Waals surface area contributed by atoms with E-state index in [1.165, 1.54) is 0 Å². The molecular weight excluding hydrogens is 148 g/mol. The summed E-state index contributed by atoms with van der Waals surface area (Å²) >= 11 is 0. The van der Waals surface area contributed by atoms with Crippen LogP contribution in [0.3, 0.4) is 0 Å². The summed E-state index contributed by atoms with van der Waals surface area (Å²) in [5.74, 6) is 0.891. The molecule has 0 atom stereocenters. The summed E-state index contributed by atoms with van der Waals surface area (Å²) in [6.07, 6.45) is 2.70. The molecule has 0 N–H and O–H groups in total. The minimum absolute atomic E-state index is 0.880. The quantitative estimate of drug-likeness (QED) is 0.632. The molecule has 2 rings (SSSR count). The number of nitrogens with zero attached hydrogens (tertiary/aromatic N) is 2. The van der Waals surface area contributed by atoms with E-state index in [1.807, 2.05) is 31.3 Å². The molecule has 2 heteroatoms. The Balaban J connectivity index is 2.67. The van der Waals surface area contributed by atoms with Gasteiger partial charge in [-0.3, -0.25) is 0 Å². The van der Waals surface area contributed by atoms with Gasteiger partial charge in [-0.2, -0.15) is 0 Å². The molecular formula is C10H9N2. The molecule has 0 spiro atoms. The summed E-state index contributed by atoms with van der Waals surface area (Å²) in [5.41, 5.74) is 0.976. The van der Waals surface area contributed by atoms with Crippen molar-refractivity contribution < 1.29 is 0 Å². The number of hydrogen-bond donors (Lipinski definition) is 0. The molecule has 0 aliphatic carbocycles. The molecule has 1 heterocycles. The van der Waals surface area contributed by atoms with Crippen molar-refractivity contribution in [2.24, 2.45) is 0 Å². The van der Waals surface area contributed by atoms with Crippen molar-refractivity contribution in [3.8, 4) is 0 Å². The fraction of sp³-hybridized carbons (Fsp3) is 0.200. The first-order valence-corrected chi connectivity index (χ1v) is 4.02. The second kappa shape index (κ2) is 2.89. The first kappa shape index (κ1) is 7.22. The summed E-state index contributed by atoms with van der Waals surface area (Å²) < 4.78 is 0. The van der Waals surface area contributed by atoms with Crippen LogP contribution in [0.5, 0.6) is 0 Å². The topological polar surface area (TPSA) is 25.8 Å². The number of rotatable bonds is 1. The Morgan fingerprint density at radius 3 is 3.25 bits per heavy atom. The van der Waals surface area contributed by atoms with E-state index in [-0.39, 0.29) is 0 Å². The van der Waals surface area contributed by atoms with E-state index in [0.717, 1.165) is 23.1 Å². The third-order valence-electron chi connectivity index (χ3n) is 1.77. The monoisotopic (exact) mass is 157 g/mol. The maximum atomic E-state index is 4.35. The molecule has 0 fully saturated rings. The van der Waals surface area contributed by atoms with Crippen molar-refractivity contribution in [2.75, 3.05) is 0 Å². The molecule has 0 aliphatic heterocycles. The van der Waals surface area contributed by atoms with Crippen LogP contribution in [0.4, 0.5) is 0 Å². The van der Waals surface area contributed by atoms with Crippen LogP contribution in [0.2, 0.25) is 0 Å². The van der Waals surface area contributed by atoms with E-state index >= 15 is 0 Å². The Morgan fingerprint density at radius 2 is 2.42 bits per heavy atom. The number of hydrogen-bond acceptors (Lipinski definition) is 2. The largest absolute Gasteiger partial charge is 0.241 e. The van der Waals surface area contributed by atoms with Crippen molar-refractivity contribution in [1.29, 1.82) is 0 Å². The zero-order valence-electron chi connectivity index (χ0n) is 6.91.